The normalized spacial score (nSPS) is 13.2. The summed E-state index contributed by atoms with van der Waals surface area (Å²) >= 11 is 0. The Morgan fingerprint density at radius 2 is 1.91 bits per heavy atom. The first-order valence-electron chi connectivity index (χ1n) is 7.41. The van der Waals surface area contributed by atoms with E-state index in [-0.39, 0.29) is 22.8 Å². The summed E-state index contributed by atoms with van der Waals surface area (Å²) in [5.74, 6) is 4.77. The Balaban J connectivity index is 2.29. The summed E-state index contributed by atoms with van der Waals surface area (Å²) < 4.78 is 22.8. The molecule has 6 heteroatoms. The summed E-state index contributed by atoms with van der Waals surface area (Å²) in [6.45, 7) is 2.69. The monoisotopic (exact) mass is 316 g/mol. The van der Waals surface area contributed by atoms with Gasteiger partial charge in [-0.05, 0) is 31.9 Å². The van der Waals surface area contributed by atoms with Gasteiger partial charge in [-0.1, -0.05) is 5.92 Å². The summed E-state index contributed by atoms with van der Waals surface area (Å²) in [6.07, 6.45) is 1.72. The lowest BCUT2D eigenvalue weighted by molar-refractivity contribution is 0.305. The first-order chi connectivity index (χ1) is 11.1. The van der Waals surface area contributed by atoms with Crippen LogP contribution in [0.15, 0.2) is 16.9 Å². The van der Waals surface area contributed by atoms with E-state index in [1.807, 2.05) is 0 Å². The lowest BCUT2D eigenvalue weighted by Crippen LogP contribution is -2.27. The number of aromatic nitrogens is 2. The van der Waals surface area contributed by atoms with Crippen LogP contribution in [0.4, 0.5) is 4.39 Å². The Labute approximate surface area is 132 Å². The molecule has 0 fully saturated rings. The largest absolute Gasteiger partial charge is 0.496 e. The van der Waals surface area contributed by atoms with Crippen LogP contribution in [-0.2, 0) is 13.1 Å². The highest BCUT2D eigenvalue weighted by molar-refractivity contribution is 5.75. The standard InChI is InChI=1S/C17H17FN2O3/c1-3-6-11-9-12(18)14(13(10-11)23-2)15-16(21)19-7-4-5-8-20(19)17(15)22/h9-10,21H,4-5,7-8H2,1-2H3. The van der Waals surface area contributed by atoms with E-state index in [0.29, 0.717) is 18.7 Å². The molecule has 5 nitrogen and oxygen atoms in total. The summed E-state index contributed by atoms with van der Waals surface area (Å²) in [7, 11) is 1.39. The summed E-state index contributed by atoms with van der Waals surface area (Å²) in [6, 6.07) is 2.81. The van der Waals surface area contributed by atoms with Crippen LogP contribution >= 0.6 is 0 Å². The fraction of sp³-hybridized carbons (Fsp3) is 0.353. The number of aromatic hydroxyl groups is 1. The van der Waals surface area contributed by atoms with Crippen molar-refractivity contribution in [1.82, 2.24) is 9.36 Å². The number of rotatable bonds is 2. The van der Waals surface area contributed by atoms with Crippen LogP contribution in [0.3, 0.4) is 0 Å². The number of halogens is 1. The van der Waals surface area contributed by atoms with Crippen molar-refractivity contribution < 1.29 is 14.2 Å². The quantitative estimate of drug-likeness (QED) is 0.865. The van der Waals surface area contributed by atoms with Crippen molar-refractivity contribution in [2.45, 2.75) is 32.9 Å². The molecule has 1 aliphatic rings. The minimum atomic E-state index is -0.641. The maximum absolute atomic E-state index is 14.6. The molecule has 1 N–H and O–H groups in total. The van der Waals surface area contributed by atoms with Crippen molar-refractivity contribution in [2.75, 3.05) is 7.11 Å². The highest BCUT2D eigenvalue weighted by Gasteiger charge is 2.27. The zero-order valence-corrected chi connectivity index (χ0v) is 13.0. The second-order valence-corrected chi connectivity index (χ2v) is 5.37. The summed E-state index contributed by atoms with van der Waals surface area (Å²) in [5.41, 5.74) is -0.0359. The van der Waals surface area contributed by atoms with Crippen LogP contribution in [0.5, 0.6) is 11.6 Å². The highest BCUT2D eigenvalue weighted by atomic mass is 19.1. The molecule has 3 rings (SSSR count). The third kappa shape index (κ3) is 2.38. The SMILES string of the molecule is CC#Cc1cc(F)c(-c2c(O)n3n(c2=O)CCCC3)c(OC)c1. The zero-order valence-electron chi connectivity index (χ0n) is 13.0. The van der Waals surface area contributed by atoms with Gasteiger partial charge in [-0.15, -0.1) is 5.92 Å². The molecule has 0 atom stereocenters. The molecule has 1 aliphatic heterocycles. The average Bonchev–Trinajstić information content (AvgIpc) is 2.80. The molecule has 0 saturated heterocycles. The van der Waals surface area contributed by atoms with Gasteiger partial charge in [0.1, 0.15) is 17.1 Å². The van der Waals surface area contributed by atoms with Gasteiger partial charge in [0.15, 0.2) is 0 Å². The van der Waals surface area contributed by atoms with Crippen molar-refractivity contribution in [2.24, 2.45) is 0 Å². The van der Waals surface area contributed by atoms with Gasteiger partial charge in [-0.2, -0.15) is 0 Å². The van der Waals surface area contributed by atoms with Crippen molar-refractivity contribution in [3.8, 4) is 34.6 Å². The molecule has 0 saturated carbocycles. The molecular weight excluding hydrogens is 299 g/mol. The molecule has 0 spiro atoms. The molecular formula is C17H17FN2O3. The van der Waals surface area contributed by atoms with Gasteiger partial charge in [0.05, 0.1) is 12.7 Å². The van der Waals surface area contributed by atoms with Crippen molar-refractivity contribution in [3.63, 3.8) is 0 Å². The lowest BCUT2D eigenvalue weighted by atomic mass is 10.0. The van der Waals surface area contributed by atoms with E-state index in [0.717, 1.165) is 12.8 Å². The number of benzene rings is 1. The van der Waals surface area contributed by atoms with Crippen molar-refractivity contribution >= 4 is 0 Å². The number of hydrogen-bond donors (Lipinski definition) is 1. The number of fused-ring (bicyclic) bond motifs is 1. The smallest absolute Gasteiger partial charge is 0.278 e. The van der Waals surface area contributed by atoms with Crippen molar-refractivity contribution in [3.05, 3.63) is 33.9 Å². The molecule has 1 aromatic carbocycles. The second kappa shape index (κ2) is 5.84. The Hall–Kier alpha value is -2.68. The fourth-order valence-electron chi connectivity index (χ4n) is 2.97. The third-order valence-electron chi connectivity index (χ3n) is 3.99. The number of ether oxygens (including phenoxy) is 1. The third-order valence-corrected chi connectivity index (χ3v) is 3.99. The van der Waals surface area contributed by atoms with E-state index in [1.54, 1.807) is 13.0 Å². The molecule has 0 radical (unpaired) electrons. The van der Waals surface area contributed by atoms with E-state index in [4.69, 9.17) is 4.74 Å². The van der Waals surface area contributed by atoms with E-state index in [2.05, 4.69) is 11.8 Å². The van der Waals surface area contributed by atoms with E-state index >= 15 is 0 Å². The van der Waals surface area contributed by atoms with Crippen LogP contribution in [0, 0.1) is 17.7 Å². The molecule has 0 amide bonds. The fourth-order valence-corrected chi connectivity index (χ4v) is 2.97. The van der Waals surface area contributed by atoms with E-state index in [1.165, 1.54) is 22.5 Å². The zero-order chi connectivity index (χ0) is 16.6. The number of nitrogens with zero attached hydrogens (tertiary/aromatic N) is 2. The Morgan fingerprint density at radius 1 is 1.22 bits per heavy atom. The van der Waals surface area contributed by atoms with Gasteiger partial charge < -0.3 is 9.84 Å². The van der Waals surface area contributed by atoms with Crippen LogP contribution in [0.2, 0.25) is 0 Å². The molecule has 1 aromatic heterocycles. The summed E-state index contributed by atoms with van der Waals surface area (Å²) in [5, 5.41) is 10.4. The Kier molecular flexibility index (Phi) is 3.87. The average molecular weight is 316 g/mol. The van der Waals surface area contributed by atoms with Crippen LogP contribution < -0.4 is 10.3 Å². The van der Waals surface area contributed by atoms with Crippen molar-refractivity contribution in [1.29, 1.82) is 0 Å². The van der Waals surface area contributed by atoms with Gasteiger partial charge >= 0.3 is 0 Å². The molecule has 120 valence electrons. The lowest BCUT2D eigenvalue weighted by Gasteiger charge is -2.16. The highest BCUT2D eigenvalue weighted by Crippen LogP contribution is 2.37. The predicted octanol–water partition coefficient (Wildman–Crippen LogP) is 2.34. The second-order valence-electron chi connectivity index (χ2n) is 5.37. The first-order valence-corrected chi connectivity index (χ1v) is 7.41. The maximum atomic E-state index is 14.6. The predicted molar refractivity (Wildman–Crippen MR) is 84.1 cm³/mol. The van der Waals surface area contributed by atoms with Gasteiger partial charge in [0.2, 0.25) is 5.88 Å². The van der Waals surface area contributed by atoms with Gasteiger partial charge in [0, 0.05) is 18.7 Å². The minimum absolute atomic E-state index is 0.0222. The van der Waals surface area contributed by atoms with Crippen LogP contribution in [-0.4, -0.2) is 21.6 Å². The van der Waals surface area contributed by atoms with Crippen LogP contribution in [0.1, 0.15) is 25.3 Å². The summed E-state index contributed by atoms with van der Waals surface area (Å²) in [4.78, 5) is 12.6. The molecule has 0 unspecified atom stereocenters. The minimum Gasteiger partial charge on any atom is -0.496 e. The molecule has 23 heavy (non-hydrogen) atoms. The number of hydrogen-bond acceptors (Lipinski definition) is 3. The Bertz CT molecular complexity index is 884. The molecule has 2 aromatic rings. The molecule has 0 bridgehead atoms. The van der Waals surface area contributed by atoms with E-state index < -0.39 is 11.4 Å². The molecule has 2 heterocycles. The number of methoxy groups -OCH3 is 1. The van der Waals surface area contributed by atoms with E-state index in [9.17, 15) is 14.3 Å². The molecule has 0 aliphatic carbocycles. The van der Waals surface area contributed by atoms with Gasteiger partial charge in [0.25, 0.3) is 5.56 Å². The van der Waals surface area contributed by atoms with Crippen LogP contribution in [0.25, 0.3) is 11.1 Å². The van der Waals surface area contributed by atoms with Gasteiger partial charge in [-0.3, -0.25) is 9.48 Å². The van der Waals surface area contributed by atoms with Gasteiger partial charge in [-0.25, -0.2) is 9.07 Å². The first kappa shape index (κ1) is 15.2. The maximum Gasteiger partial charge on any atom is 0.278 e. The topological polar surface area (TPSA) is 56.4 Å². The Morgan fingerprint density at radius 3 is 2.52 bits per heavy atom.